The SMILES string of the molecule is CNCC1CCN(C(=O)C2CC=CCC2c2nc3ccccc3s2)C1.Cl.Cl. The summed E-state index contributed by atoms with van der Waals surface area (Å²) in [6.07, 6.45) is 7.26. The minimum absolute atomic E-state index is 0. The third kappa shape index (κ3) is 4.65. The normalized spacial score (nSPS) is 24.5. The van der Waals surface area contributed by atoms with Gasteiger partial charge in [-0.05, 0) is 50.9 Å². The molecular weight excluding hydrogens is 401 g/mol. The first-order chi connectivity index (χ1) is 12.3. The number of likely N-dealkylation sites (tertiary alicyclic amines) is 1. The lowest BCUT2D eigenvalue weighted by molar-refractivity contribution is -0.135. The Morgan fingerprint density at radius 2 is 2.04 bits per heavy atom. The molecule has 2 aliphatic rings. The number of carbonyl (C=O) groups is 1. The summed E-state index contributed by atoms with van der Waals surface area (Å²) in [5.74, 6) is 1.18. The zero-order valence-corrected chi connectivity index (χ0v) is 17.9. The number of amides is 1. The maximum atomic E-state index is 13.2. The van der Waals surface area contributed by atoms with Gasteiger partial charge in [0.15, 0.2) is 0 Å². The van der Waals surface area contributed by atoms with Crippen molar-refractivity contribution in [3.05, 3.63) is 41.4 Å². The Morgan fingerprint density at radius 1 is 1.26 bits per heavy atom. The number of rotatable bonds is 4. The second kappa shape index (κ2) is 9.87. The third-order valence-corrected chi connectivity index (χ3v) is 6.64. The number of carbonyl (C=O) groups excluding carboxylic acids is 1. The van der Waals surface area contributed by atoms with E-state index in [-0.39, 0.29) is 36.6 Å². The highest BCUT2D eigenvalue weighted by Crippen LogP contribution is 2.39. The highest BCUT2D eigenvalue weighted by Gasteiger charge is 2.37. The van der Waals surface area contributed by atoms with Crippen molar-refractivity contribution in [3.63, 3.8) is 0 Å². The number of aromatic nitrogens is 1. The fourth-order valence-corrected chi connectivity index (χ4v) is 5.28. The van der Waals surface area contributed by atoms with Crippen LogP contribution in [0.3, 0.4) is 0 Å². The first-order valence-electron chi connectivity index (χ1n) is 9.20. The average molecular weight is 428 g/mol. The van der Waals surface area contributed by atoms with Crippen molar-refractivity contribution in [2.24, 2.45) is 11.8 Å². The van der Waals surface area contributed by atoms with Crippen molar-refractivity contribution in [1.82, 2.24) is 15.2 Å². The highest BCUT2D eigenvalue weighted by atomic mass is 35.5. The van der Waals surface area contributed by atoms with Gasteiger partial charge in [-0.25, -0.2) is 4.98 Å². The van der Waals surface area contributed by atoms with Gasteiger partial charge in [0.05, 0.1) is 21.1 Å². The molecule has 1 aromatic carbocycles. The molecule has 1 amide bonds. The summed E-state index contributed by atoms with van der Waals surface area (Å²) in [5.41, 5.74) is 1.05. The minimum atomic E-state index is 0. The second-order valence-corrected chi connectivity index (χ2v) is 8.23. The van der Waals surface area contributed by atoms with E-state index in [4.69, 9.17) is 4.98 Å². The Hall–Kier alpha value is -1.14. The quantitative estimate of drug-likeness (QED) is 0.741. The Bertz CT molecular complexity index is 761. The van der Waals surface area contributed by atoms with E-state index >= 15 is 0 Å². The molecule has 0 spiro atoms. The maximum absolute atomic E-state index is 13.2. The Balaban J connectivity index is 0.00000131. The predicted octanol–water partition coefficient (Wildman–Crippen LogP) is 4.26. The molecule has 1 aliphatic heterocycles. The van der Waals surface area contributed by atoms with Crippen LogP contribution in [0.25, 0.3) is 10.2 Å². The third-order valence-electron chi connectivity index (χ3n) is 5.47. The van der Waals surface area contributed by atoms with Crippen molar-refractivity contribution in [2.45, 2.75) is 25.2 Å². The van der Waals surface area contributed by atoms with E-state index in [9.17, 15) is 4.79 Å². The van der Waals surface area contributed by atoms with Gasteiger partial charge < -0.3 is 10.2 Å². The van der Waals surface area contributed by atoms with Crippen LogP contribution in [0.1, 0.15) is 30.2 Å². The molecule has 7 heteroatoms. The van der Waals surface area contributed by atoms with Crippen LogP contribution in [0.15, 0.2) is 36.4 Å². The predicted molar refractivity (Wildman–Crippen MR) is 117 cm³/mol. The van der Waals surface area contributed by atoms with Gasteiger partial charge in [-0.1, -0.05) is 24.3 Å². The van der Waals surface area contributed by atoms with Crippen LogP contribution in [0.2, 0.25) is 0 Å². The molecule has 27 heavy (non-hydrogen) atoms. The smallest absolute Gasteiger partial charge is 0.226 e. The zero-order valence-electron chi connectivity index (χ0n) is 15.5. The number of hydrogen-bond acceptors (Lipinski definition) is 4. The number of nitrogens with one attached hydrogen (secondary N) is 1. The molecule has 1 aromatic heterocycles. The molecule has 4 nitrogen and oxygen atoms in total. The van der Waals surface area contributed by atoms with E-state index in [2.05, 4.69) is 40.6 Å². The Morgan fingerprint density at radius 3 is 2.81 bits per heavy atom. The molecule has 1 N–H and O–H groups in total. The Labute approximate surface area is 177 Å². The van der Waals surface area contributed by atoms with Gasteiger partial charge >= 0.3 is 0 Å². The fraction of sp³-hybridized carbons (Fsp3) is 0.500. The molecule has 0 bridgehead atoms. The lowest BCUT2D eigenvalue weighted by Gasteiger charge is -2.30. The largest absolute Gasteiger partial charge is 0.342 e. The molecule has 1 saturated heterocycles. The van der Waals surface area contributed by atoms with Crippen molar-refractivity contribution in [1.29, 1.82) is 0 Å². The second-order valence-electron chi connectivity index (χ2n) is 7.17. The summed E-state index contributed by atoms with van der Waals surface area (Å²) in [6, 6.07) is 8.27. The number of hydrogen-bond donors (Lipinski definition) is 1. The number of benzene rings is 1. The fourth-order valence-electron chi connectivity index (χ4n) is 4.13. The zero-order chi connectivity index (χ0) is 17.2. The molecule has 3 unspecified atom stereocenters. The minimum Gasteiger partial charge on any atom is -0.342 e. The topological polar surface area (TPSA) is 45.2 Å². The molecule has 4 rings (SSSR count). The average Bonchev–Trinajstić information content (AvgIpc) is 3.28. The van der Waals surface area contributed by atoms with Crippen LogP contribution >= 0.6 is 36.2 Å². The molecule has 1 fully saturated rings. The summed E-state index contributed by atoms with van der Waals surface area (Å²) < 4.78 is 1.22. The van der Waals surface area contributed by atoms with Crippen LogP contribution < -0.4 is 5.32 Å². The molecule has 2 aromatic rings. The van der Waals surface area contributed by atoms with Gasteiger partial charge in [0.2, 0.25) is 5.91 Å². The number of para-hydroxylation sites is 1. The van der Waals surface area contributed by atoms with Gasteiger partial charge in [0, 0.05) is 19.0 Å². The first kappa shape index (κ1) is 22.2. The van der Waals surface area contributed by atoms with Crippen molar-refractivity contribution in [2.75, 3.05) is 26.7 Å². The van der Waals surface area contributed by atoms with Gasteiger partial charge in [-0.15, -0.1) is 36.2 Å². The molecule has 1 aliphatic carbocycles. The lowest BCUT2D eigenvalue weighted by atomic mass is 9.82. The molecular formula is C20H27Cl2N3OS. The number of fused-ring (bicyclic) bond motifs is 1. The van der Waals surface area contributed by atoms with E-state index < -0.39 is 0 Å². The van der Waals surface area contributed by atoms with Crippen molar-refractivity contribution < 1.29 is 4.79 Å². The Kier molecular flexibility index (Phi) is 8.10. The molecule has 0 radical (unpaired) electrons. The van der Waals surface area contributed by atoms with E-state index in [1.807, 2.05) is 13.1 Å². The summed E-state index contributed by atoms with van der Waals surface area (Å²) >= 11 is 1.75. The van der Waals surface area contributed by atoms with E-state index in [1.165, 1.54) is 4.70 Å². The molecule has 148 valence electrons. The summed E-state index contributed by atoms with van der Waals surface area (Å²) in [6.45, 7) is 2.79. The van der Waals surface area contributed by atoms with E-state index in [0.717, 1.165) is 49.4 Å². The van der Waals surface area contributed by atoms with Crippen molar-refractivity contribution >= 4 is 52.3 Å². The van der Waals surface area contributed by atoms with Crippen LogP contribution in [-0.2, 0) is 4.79 Å². The number of nitrogens with zero attached hydrogens (tertiary/aromatic N) is 2. The first-order valence-corrected chi connectivity index (χ1v) is 10.0. The monoisotopic (exact) mass is 427 g/mol. The van der Waals surface area contributed by atoms with Crippen molar-refractivity contribution in [3.8, 4) is 0 Å². The lowest BCUT2D eigenvalue weighted by Crippen LogP contribution is -2.38. The number of allylic oxidation sites excluding steroid dienone is 2. The van der Waals surface area contributed by atoms with Gasteiger partial charge in [-0.2, -0.15) is 0 Å². The van der Waals surface area contributed by atoms with Crippen LogP contribution in [-0.4, -0.2) is 42.5 Å². The highest BCUT2D eigenvalue weighted by molar-refractivity contribution is 7.18. The molecule has 3 atom stereocenters. The number of halogens is 2. The van der Waals surface area contributed by atoms with Gasteiger partial charge in [0.25, 0.3) is 0 Å². The number of thiazole rings is 1. The van der Waals surface area contributed by atoms with Crippen LogP contribution in [0.5, 0.6) is 0 Å². The summed E-state index contributed by atoms with van der Waals surface area (Å²) in [5, 5.41) is 4.36. The van der Waals surface area contributed by atoms with Crippen LogP contribution in [0.4, 0.5) is 0 Å². The summed E-state index contributed by atoms with van der Waals surface area (Å²) in [7, 11) is 1.99. The molecule has 0 saturated carbocycles. The molecule has 2 heterocycles. The van der Waals surface area contributed by atoms with Gasteiger partial charge in [-0.3, -0.25) is 4.79 Å². The van der Waals surface area contributed by atoms with Gasteiger partial charge in [0.1, 0.15) is 0 Å². The summed E-state index contributed by atoms with van der Waals surface area (Å²) in [4.78, 5) is 20.1. The van der Waals surface area contributed by atoms with E-state index in [1.54, 1.807) is 11.3 Å². The van der Waals surface area contributed by atoms with E-state index in [0.29, 0.717) is 11.8 Å². The standard InChI is InChI=1S/C20H25N3OS.2ClH/c1-21-12-14-10-11-23(13-14)20(24)16-7-3-2-6-15(16)19-22-17-8-4-5-9-18(17)25-19;;/h2-5,8-9,14-16,21H,6-7,10-13H2,1H3;2*1H. The maximum Gasteiger partial charge on any atom is 0.226 e. The van der Waals surface area contributed by atoms with Crippen LogP contribution in [0, 0.1) is 11.8 Å².